The molecule has 0 radical (unpaired) electrons. The highest BCUT2D eigenvalue weighted by Gasteiger charge is 2.36. The van der Waals surface area contributed by atoms with Crippen LogP contribution in [0.5, 0.6) is 0 Å². The second kappa shape index (κ2) is 3.73. The molecule has 2 N–H and O–H groups in total. The molecule has 1 aromatic rings. The number of nitro groups is 1. The van der Waals surface area contributed by atoms with Gasteiger partial charge in [0.25, 0.3) is 0 Å². The van der Waals surface area contributed by atoms with Crippen molar-refractivity contribution in [3.05, 3.63) is 39.9 Å². The normalized spacial score (nSPS) is 11.2. The van der Waals surface area contributed by atoms with Crippen LogP contribution < -0.4 is 11.0 Å². The van der Waals surface area contributed by atoms with E-state index in [0.29, 0.717) is 0 Å². The minimum absolute atomic E-state index is 0.164. The first-order valence-corrected chi connectivity index (χ1v) is 3.69. The summed E-state index contributed by atoms with van der Waals surface area (Å²) in [6.45, 7) is 0. The van der Waals surface area contributed by atoms with Crippen LogP contribution in [-0.2, 0) is 6.18 Å². The summed E-state index contributed by atoms with van der Waals surface area (Å²) in [5.41, 5.74) is -1.85. The second-order valence-electron chi connectivity index (χ2n) is 2.60. The van der Waals surface area contributed by atoms with Crippen molar-refractivity contribution in [2.45, 2.75) is 6.18 Å². The molecule has 0 aliphatic heterocycles. The van der Waals surface area contributed by atoms with Gasteiger partial charge in [0.1, 0.15) is 5.69 Å². The van der Waals surface area contributed by atoms with Crippen molar-refractivity contribution in [3.8, 4) is 0 Å². The molecule has 0 saturated heterocycles. The van der Waals surface area contributed by atoms with Gasteiger partial charge < -0.3 is 0 Å². The Labute approximate surface area is 82.0 Å². The molecule has 5 nitrogen and oxygen atoms in total. The van der Waals surface area contributed by atoms with E-state index in [2.05, 4.69) is 0 Å². The van der Waals surface area contributed by atoms with E-state index in [4.69, 9.17) is 5.84 Å². The molecule has 1 aromatic carbocycles. The van der Waals surface area contributed by atoms with E-state index < -0.39 is 22.5 Å². The van der Waals surface area contributed by atoms with Crippen LogP contribution in [-0.4, -0.2) is 5.03 Å². The molecule has 8 heteroatoms. The van der Waals surface area contributed by atoms with Crippen molar-refractivity contribution < 1.29 is 18.2 Å². The molecular formula is C7H6F3N3O2. The van der Waals surface area contributed by atoms with E-state index in [1.165, 1.54) is 6.07 Å². The van der Waals surface area contributed by atoms with Gasteiger partial charge in [-0.15, -0.1) is 0 Å². The third-order valence-corrected chi connectivity index (χ3v) is 1.63. The third kappa shape index (κ3) is 2.34. The van der Waals surface area contributed by atoms with E-state index in [1.807, 2.05) is 0 Å². The number of hydrazine groups is 2. The molecule has 0 aromatic heterocycles. The molecule has 0 unspecified atom stereocenters. The number of anilines is 1. The first-order chi connectivity index (χ1) is 6.84. The van der Waals surface area contributed by atoms with Gasteiger partial charge >= 0.3 is 6.18 Å². The van der Waals surface area contributed by atoms with Crippen LogP contribution in [0.3, 0.4) is 0 Å². The zero-order chi connectivity index (χ0) is 11.6. The predicted molar refractivity (Wildman–Crippen MR) is 45.1 cm³/mol. The molecule has 0 fully saturated rings. The van der Waals surface area contributed by atoms with Gasteiger partial charge in [-0.1, -0.05) is 12.1 Å². The van der Waals surface area contributed by atoms with E-state index in [1.54, 1.807) is 0 Å². The largest absolute Gasteiger partial charge is 0.418 e. The average molecular weight is 221 g/mol. The van der Waals surface area contributed by atoms with Gasteiger partial charge in [0.05, 0.1) is 5.56 Å². The van der Waals surface area contributed by atoms with E-state index in [9.17, 15) is 23.3 Å². The third-order valence-electron chi connectivity index (χ3n) is 1.63. The Kier molecular flexibility index (Phi) is 2.80. The lowest BCUT2D eigenvalue weighted by molar-refractivity contribution is -0.496. The van der Waals surface area contributed by atoms with E-state index in [0.717, 1.165) is 18.2 Å². The van der Waals surface area contributed by atoms with Gasteiger partial charge in [0, 0.05) is 0 Å². The Balaban J connectivity index is 3.24. The highest BCUT2D eigenvalue weighted by Crippen LogP contribution is 2.35. The maximum Gasteiger partial charge on any atom is 0.418 e. The Morgan fingerprint density at radius 1 is 1.33 bits per heavy atom. The summed E-state index contributed by atoms with van der Waals surface area (Å²) < 4.78 is 37.1. The molecule has 0 heterocycles. The Bertz CT molecular complexity index is 380. The monoisotopic (exact) mass is 221 g/mol. The first kappa shape index (κ1) is 11.2. The molecule has 0 amide bonds. The number of benzene rings is 1. The molecule has 0 aliphatic carbocycles. The lowest BCUT2D eigenvalue weighted by atomic mass is 10.2. The summed E-state index contributed by atoms with van der Waals surface area (Å²) in [5.74, 6) is 4.87. The Morgan fingerprint density at radius 2 is 1.87 bits per heavy atom. The van der Waals surface area contributed by atoms with Crippen molar-refractivity contribution in [1.82, 2.24) is 0 Å². The number of alkyl halides is 3. The molecular weight excluding hydrogens is 215 g/mol. The lowest BCUT2D eigenvalue weighted by Crippen LogP contribution is -2.38. The maximum atomic E-state index is 12.4. The van der Waals surface area contributed by atoms with Crippen molar-refractivity contribution in [2.75, 3.05) is 5.12 Å². The predicted octanol–water partition coefficient (Wildman–Crippen LogP) is 1.58. The highest BCUT2D eigenvalue weighted by molar-refractivity contribution is 5.51. The van der Waals surface area contributed by atoms with Gasteiger partial charge in [-0.2, -0.15) is 19.0 Å². The van der Waals surface area contributed by atoms with Crippen LogP contribution in [0.1, 0.15) is 5.56 Å². The average Bonchev–Trinajstić information content (AvgIpc) is 2.15. The molecule has 82 valence electrons. The summed E-state index contributed by atoms with van der Waals surface area (Å²) in [6.07, 6.45) is -4.68. The molecule has 0 aliphatic rings. The van der Waals surface area contributed by atoms with E-state index >= 15 is 0 Å². The first-order valence-electron chi connectivity index (χ1n) is 3.69. The molecule has 0 atom stereocenters. The summed E-state index contributed by atoms with van der Waals surface area (Å²) in [4.78, 5) is 10.2. The number of nitrogens with zero attached hydrogens (tertiary/aromatic N) is 2. The summed E-state index contributed by atoms with van der Waals surface area (Å²) >= 11 is 0. The second-order valence-corrected chi connectivity index (χ2v) is 2.60. The Hall–Kier alpha value is -1.83. The molecule has 0 saturated carbocycles. The van der Waals surface area contributed by atoms with Gasteiger partial charge in [0.15, 0.2) is 5.03 Å². The molecule has 15 heavy (non-hydrogen) atoms. The number of hydrogen-bond donors (Lipinski definition) is 1. The number of para-hydroxylation sites is 1. The zero-order valence-electron chi connectivity index (χ0n) is 7.23. The van der Waals surface area contributed by atoms with Gasteiger partial charge in [-0.25, -0.2) is 10.1 Å². The lowest BCUT2D eigenvalue weighted by Gasteiger charge is -2.14. The minimum atomic E-state index is -4.68. The quantitative estimate of drug-likeness (QED) is 0.467. The fourth-order valence-electron chi connectivity index (χ4n) is 1.00. The van der Waals surface area contributed by atoms with Crippen molar-refractivity contribution in [1.29, 1.82) is 0 Å². The van der Waals surface area contributed by atoms with Crippen LogP contribution in [0, 0.1) is 10.1 Å². The van der Waals surface area contributed by atoms with Crippen LogP contribution in [0.15, 0.2) is 24.3 Å². The van der Waals surface area contributed by atoms with E-state index in [-0.39, 0.29) is 5.12 Å². The van der Waals surface area contributed by atoms with Crippen LogP contribution in [0.25, 0.3) is 0 Å². The molecule has 0 spiro atoms. The summed E-state index contributed by atoms with van der Waals surface area (Å²) in [7, 11) is 0. The highest BCUT2D eigenvalue weighted by atomic mass is 19.4. The summed E-state index contributed by atoms with van der Waals surface area (Å²) in [5, 5.41) is 8.92. The fourth-order valence-corrected chi connectivity index (χ4v) is 1.00. The number of nitrogens with two attached hydrogens (primary N) is 1. The number of halogens is 3. The van der Waals surface area contributed by atoms with Crippen LogP contribution in [0.4, 0.5) is 18.9 Å². The van der Waals surface area contributed by atoms with Gasteiger partial charge in [-0.3, -0.25) is 0 Å². The fraction of sp³-hybridized carbons (Fsp3) is 0.143. The van der Waals surface area contributed by atoms with Crippen LogP contribution in [0.2, 0.25) is 0 Å². The Morgan fingerprint density at radius 3 is 2.33 bits per heavy atom. The molecule has 0 bridgehead atoms. The minimum Gasteiger partial charge on any atom is -0.233 e. The summed E-state index contributed by atoms with van der Waals surface area (Å²) in [6, 6.07) is 4.00. The van der Waals surface area contributed by atoms with Crippen molar-refractivity contribution >= 4 is 5.69 Å². The van der Waals surface area contributed by atoms with Crippen molar-refractivity contribution in [2.24, 2.45) is 5.84 Å². The smallest absolute Gasteiger partial charge is 0.233 e. The number of hydrogen-bond acceptors (Lipinski definition) is 3. The number of rotatable bonds is 2. The van der Waals surface area contributed by atoms with Crippen LogP contribution >= 0.6 is 0 Å². The molecule has 1 rings (SSSR count). The standard InChI is InChI=1S/C7H6F3N3O2/c8-7(9,10)5-3-1-2-4-6(5)12(11)13(14)15/h1-4H,11H2. The SMILES string of the molecule is NN(c1ccccc1C(F)(F)F)[N+](=O)[O-]. The van der Waals surface area contributed by atoms with Gasteiger partial charge in [0.2, 0.25) is 0 Å². The topological polar surface area (TPSA) is 72.4 Å². The maximum absolute atomic E-state index is 12.4. The zero-order valence-corrected chi connectivity index (χ0v) is 7.23. The van der Waals surface area contributed by atoms with Gasteiger partial charge in [-0.05, 0) is 17.3 Å². The van der Waals surface area contributed by atoms with Crippen molar-refractivity contribution in [3.63, 3.8) is 0 Å².